The van der Waals surface area contributed by atoms with Crippen molar-refractivity contribution in [2.45, 2.75) is 30.6 Å². The summed E-state index contributed by atoms with van der Waals surface area (Å²) in [6.45, 7) is -0.725. The third-order valence-electron chi connectivity index (χ3n) is 2.31. The van der Waals surface area contributed by atoms with Gasteiger partial charge in [-0.15, -0.1) is 0 Å². The van der Waals surface area contributed by atoms with E-state index in [0.29, 0.717) is 0 Å². The van der Waals surface area contributed by atoms with Gasteiger partial charge in [0.2, 0.25) is 0 Å². The highest BCUT2D eigenvalue weighted by molar-refractivity contribution is 7.80. The molecule has 0 saturated carbocycles. The lowest BCUT2D eigenvalue weighted by Crippen LogP contribution is -2.71. The molecule has 9 nitrogen and oxygen atoms in total. The molecule has 0 aromatic rings. The Labute approximate surface area is 102 Å². The zero-order valence-electron chi connectivity index (χ0n) is 8.74. The van der Waals surface area contributed by atoms with Crippen LogP contribution in [0.2, 0.25) is 0 Å². The molecule has 0 bridgehead atoms. The average Bonchev–Trinajstić information content (AvgIpc) is 2.36. The van der Waals surface area contributed by atoms with Gasteiger partial charge in [-0.2, -0.15) is 0 Å². The summed E-state index contributed by atoms with van der Waals surface area (Å²) in [5, 5.41) is 46.6. The van der Waals surface area contributed by atoms with Crippen LogP contribution in [0.25, 0.3) is 0 Å². The summed E-state index contributed by atoms with van der Waals surface area (Å²) < 4.78 is 0. The number of hydrogen-bond donors (Lipinski definition) is 9. The fourth-order valence-electron chi connectivity index (χ4n) is 1.26. The number of thiocarbonyl (C=S) groups is 1. The summed E-state index contributed by atoms with van der Waals surface area (Å²) >= 11 is 4.71. The van der Waals surface area contributed by atoms with Gasteiger partial charge < -0.3 is 25.5 Å². The van der Waals surface area contributed by atoms with Gasteiger partial charge in [-0.1, -0.05) is 0 Å². The second kappa shape index (κ2) is 6.37. The van der Waals surface area contributed by atoms with Crippen LogP contribution in [0.1, 0.15) is 0 Å². The van der Waals surface area contributed by atoms with Crippen molar-refractivity contribution in [1.82, 2.24) is 21.7 Å². The molecule has 9 N–H and O–H groups in total. The molecule has 4 atom stereocenters. The zero-order valence-corrected chi connectivity index (χ0v) is 9.55. The van der Waals surface area contributed by atoms with E-state index in [1.807, 2.05) is 0 Å². The Balaban J connectivity index is 2.50. The van der Waals surface area contributed by atoms with E-state index in [2.05, 4.69) is 21.7 Å². The molecule has 1 fully saturated rings. The minimum absolute atomic E-state index is 0.249. The van der Waals surface area contributed by atoms with Crippen molar-refractivity contribution >= 4 is 17.3 Å². The number of rotatable bonds is 5. The van der Waals surface area contributed by atoms with Gasteiger partial charge in [0, 0.05) is 0 Å². The van der Waals surface area contributed by atoms with Gasteiger partial charge in [0.15, 0.2) is 5.11 Å². The number of hydrogen-bond acceptors (Lipinski definition) is 8. The quantitative estimate of drug-likeness (QED) is 0.222. The third-order valence-corrected chi connectivity index (χ3v) is 2.51. The molecule has 17 heavy (non-hydrogen) atoms. The van der Waals surface area contributed by atoms with Crippen LogP contribution in [-0.4, -0.2) is 67.8 Å². The zero-order chi connectivity index (χ0) is 13.0. The molecule has 0 spiro atoms. The van der Waals surface area contributed by atoms with E-state index in [9.17, 15) is 15.3 Å². The fraction of sp³-hybridized carbons (Fsp3) is 0.857. The predicted octanol–water partition coefficient (Wildman–Crippen LogP) is -4.76. The van der Waals surface area contributed by atoms with Crippen molar-refractivity contribution in [3.05, 3.63) is 0 Å². The van der Waals surface area contributed by atoms with Crippen molar-refractivity contribution in [2.75, 3.05) is 6.61 Å². The maximum absolute atomic E-state index is 9.69. The molecule has 0 aliphatic carbocycles. The first-order chi connectivity index (χ1) is 7.97. The Morgan fingerprint density at radius 3 is 2.06 bits per heavy atom. The Kier molecular flexibility index (Phi) is 5.42. The van der Waals surface area contributed by atoms with Gasteiger partial charge in [0.05, 0.1) is 6.61 Å². The molecule has 10 heteroatoms. The first-order valence-corrected chi connectivity index (χ1v) is 5.28. The highest BCUT2D eigenvalue weighted by Crippen LogP contribution is 2.07. The Bertz CT molecular complexity index is 261. The third kappa shape index (κ3) is 3.69. The van der Waals surface area contributed by atoms with E-state index in [1.54, 1.807) is 0 Å². The number of aliphatic hydroxyl groups excluding tert-OH is 5. The predicted molar refractivity (Wildman–Crippen MR) is 60.0 cm³/mol. The van der Waals surface area contributed by atoms with Crippen molar-refractivity contribution in [3.8, 4) is 0 Å². The molecule has 100 valence electrons. The van der Waals surface area contributed by atoms with Gasteiger partial charge in [-0.3, -0.25) is 10.9 Å². The molecule has 0 unspecified atom stereocenters. The normalized spacial score (nSPS) is 24.4. The average molecular weight is 268 g/mol. The first kappa shape index (κ1) is 14.5. The van der Waals surface area contributed by atoms with Crippen molar-refractivity contribution in [2.24, 2.45) is 0 Å². The summed E-state index contributed by atoms with van der Waals surface area (Å²) in [4.78, 5) is 0. The minimum Gasteiger partial charge on any atom is -0.394 e. The minimum atomic E-state index is -1.67. The standard InChI is InChI=1S/C7H16N4O5S/c12-1-2(13)3(14)4(15)5(16)6-8-10-7(17)11-9-6/h2-6,8-9,12-16H,1H2,(H2,10,11,17)/t2-,3-,4-,5-/m0/s1. The molecule has 1 heterocycles. The van der Waals surface area contributed by atoms with Crippen molar-refractivity contribution in [3.63, 3.8) is 0 Å². The van der Waals surface area contributed by atoms with E-state index in [0.717, 1.165) is 0 Å². The first-order valence-electron chi connectivity index (χ1n) is 4.87. The monoisotopic (exact) mass is 268 g/mol. The molecule has 0 amide bonds. The molecule has 1 aliphatic rings. The van der Waals surface area contributed by atoms with Gasteiger partial charge >= 0.3 is 0 Å². The summed E-state index contributed by atoms with van der Waals surface area (Å²) in [5.74, 6) is 0. The summed E-state index contributed by atoms with van der Waals surface area (Å²) in [7, 11) is 0. The van der Waals surface area contributed by atoms with Crippen molar-refractivity contribution < 1.29 is 25.5 Å². The van der Waals surface area contributed by atoms with Crippen molar-refractivity contribution in [1.29, 1.82) is 0 Å². The maximum Gasteiger partial charge on any atom is 0.195 e. The second-order valence-corrected chi connectivity index (χ2v) is 3.98. The summed E-state index contributed by atoms with van der Waals surface area (Å²) in [6, 6.07) is 0. The highest BCUT2D eigenvalue weighted by atomic mass is 32.1. The lowest BCUT2D eigenvalue weighted by atomic mass is 10.0. The molecule has 1 aliphatic heterocycles. The fourth-order valence-corrected chi connectivity index (χ4v) is 1.38. The van der Waals surface area contributed by atoms with Crippen LogP contribution < -0.4 is 21.7 Å². The topological polar surface area (TPSA) is 149 Å². The largest absolute Gasteiger partial charge is 0.394 e. The number of nitrogens with one attached hydrogen (secondary N) is 4. The maximum atomic E-state index is 9.69. The van der Waals surface area contributed by atoms with Gasteiger partial charge in [-0.25, -0.2) is 10.9 Å². The van der Waals surface area contributed by atoms with Gasteiger partial charge in [0.1, 0.15) is 30.6 Å². The molecule has 1 saturated heterocycles. The van der Waals surface area contributed by atoms with Crippen LogP contribution in [0.3, 0.4) is 0 Å². The smallest absolute Gasteiger partial charge is 0.195 e. The lowest BCUT2D eigenvalue weighted by molar-refractivity contribution is -0.126. The highest BCUT2D eigenvalue weighted by Gasteiger charge is 2.35. The number of aliphatic hydroxyl groups is 5. The molecule has 1 rings (SSSR count). The molecule has 0 aromatic carbocycles. The van der Waals surface area contributed by atoms with Crippen LogP contribution in [0.15, 0.2) is 0 Å². The second-order valence-electron chi connectivity index (χ2n) is 3.57. The SMILES string of the molecule is OC[C@H](O)[C@H](O)[C@H](O)[C@H](O)C1NNC(=S)NN1. The van der Waals surface area contributed by atoms with Crippen LogP contribution >= 0.6 is 12.2 Å². The van der Waals surface area contributed by atoms with Crippen LogP contribution in [0.5, 0.6) is 0 Å². The van der Waals surface area contributed by atoms with Crippen LogP contribution in [0.4, 0.5) is 0 Å². The van der Waals surface area contributed by atoms with E-state index < -0.39 is 37.2 Å². The Hall–Kier alpha value is -0.590. The van der Waals surface area contributed by atoms with Gasteiger partial charge in [0.25, 0.3) is 0 Å². The Morgan fingerprint density at radius 2 is 1.59 bits per heavy atom. The molecule has 0 aromatic heterocycles. The Morgan fingerprint density at radius 1 is 1.06 bits per heavy atom. The van der Waals surface area contributed by atoms with E-state index in [4.69, 9.17) is 22.4 Å². The van der Waals surface area contributed by atoms with E-state index in [1.165, 1.54) is 0 Å². The summed E-state index contributed by atoms with van der Waals surface area (Å²) in [6.07, 6.45) is -7.17. The molecule has 0 radical (unpaired) electrons. The molecular weight excluding hydrogens is 252 g/mol. The number of hydrazine groups is 2. The van der Waals surface area contributed by atoms with Gasteiger partial charge in [-0.05, 0) is 12.2 Å². The lowest BCUT2D eigenvalue weighted by Gasteiger charge is -2.35. The summed E-state index contributed by atoms with van der Waals surface area (Å²) in [5.41, 5.74) is 10.0. The van der Waals surface area contributed by atoms with Crippen LogP contribution in [0, 0.1) is 0 Å². The molecular formula is C7H16N4O5S. The van der Waals surface area contributed by atoms with E-state index >= 15 is 0 Å². The van der Waals surface area contributed by atoms with E-state index in [-0.39, 0.29) is 5.11 Å². The van der Waals surface area contributed by atoms with Crippen LogP contribution in [-0.2, 0) is 0 Å².